The molecule has 1 aromatic rings. The molecule has 0 spiro atoms. The van der Waals surface area contributed by atoms with E-state index in [1.807, 2.05) is 36.9 Å². The largest absolute Gasteiger partial charge is 0.497 e. The van der Waals surface area contributed by atoms with Crippen molar-refractivity contribution in [3.63, 3.8) is 0 Å². The average Bonchev–Trinajstić information content (AvgIpc) is 2.46. The lowest BCUT2D eigenvalue weighted by atomic mass is 10.1. The summed E-state index contributed by atoms with van der Waals surface area (Å²) in [7, 11) is 1.61. The Hall–Kier alpha value is -1.30. The van der Waals surface area contributed by atoms with Gasteiger partial charge in [0.15, 0.2) is 0 Å². The molecule has 0 aromatic heterocycles. The molecule has 1 aliphatic heterocycles. The molecule has 0 atom stereocenters. The Balaban J connectivity index is 0.00000242. The van der Waals surface area contributed by atoms with Crippen molar-refractivity contribution in [2.24, 2.45) is 5.73 Å². The number of halogens is 1. The van der Waals surface area contributed by atoms with E-state index in [4.69, 9.17) is 10.5 Å². The Morgan fingerprint density at radius 1 is 1.27 bits per heavy atom. The number of hydrogen-bond acceptors (Lipinski definition) is 4. The summed E-state index contributed by atoms with van der Waals surface area (Å²) in [5, 5.41) is 0. The SMILES string of the molecule is COc1cccc(C(=O)N2CCN(CC(C)(C)N)CC2)c1.Cl. The van der Waals surface area contributed by atoms with Crippen molar-refractivity contribution in [1.29, 1.82) is 0 Å². The maximum atomic E-state index is 12.5. The third kappa shape index (κ3) is 5.16. The molecule has 0 aliphatic carbocycles. The second-order valence-corrected chi connectivity index (χ2v) is 6.29. The number of amides is 1. The van der Waals surface area contributed by atoms with Gasteiger partial charge in [0.05, 0.1) is 7.11 Å². The molecule has 2 rings (SSSR count). The first-order chi connectivity index (χ1) is 9.89. The molecule has 6 heteroatoms. The Kier molecular flexibility index (Phi) is 6.66. The molecule has 124 valence electrons. The standard InChI is InChI=1S/C16H25N3O2.ClH/c1-16(2,17)12-18-7-9-19(10-8-18)15(20)13-5-4-6-14(11-13)21-3;/h4-6,11H,7-10,12,17H2,1-3H3;1H. The number of carbonyl (C=O) groups excluding carboxylic acids is 1. The summed E-state index contributed by atoms with van der Waals surface area (Å²) in [6.07, 6.45) is 0. The van der Waals surface area contributed by atoms with Crippen LogP contribution in [0.1, 0.15) is 24.2 Å². The number of carbonyl (C=O) groups is 1. The molecule has 1 heterocycles. The highest BCUT2D eigenvalue weighted by molar-refractivity contribution is 5.94. The highest BCUT2D eigenvalue weighted by Gasteiger charge is 2.25. The molecule has 1 amide bonds. The Morgan fingerprint density at radius 3 is 2.45 bits per heavy atom. The van der Waals surface area contributed by atoms with E-state index in [0.717, 1.165) is 32.7 Å². The first-order valence-corrected chi connectivity index (χ1v) is 7.33. The Bertz CT molecular complexity index is 494. The van der Waals surface area contributed by atoms with Crippen molar-refractivity contribution >= 4 is 18.3 Å². The predicted octanol–water partition coefficient (Wildman–Crippen LogP) is 1.61. The third-order valence-electron chi connectivity index (χ3n) is 3.61. The molecule has 1 saturated heterocycles. The van der Waals surface area contributed by atoms with Gasteiger partial charge in [-0.2, -0.15) is 0 Å². The second-order valence-electron chi connectivity index (χ2n) is 6.29. The predicted molar refractivity (Wildman–Crippen MR) is 90.9 cm³/mol. The van der Waals surface area contributed by atoms with Crippen molar-refractivity contribution in [3.05, 3.63) is 29.8 Å². The van der Waals surface area contributed by atoms with Gasteiger partial charge in [0.2, 0.25) is 0 Å². The van der Waals surface area contributed by atoms with Gasteiger partial charge in [-0.1, -0.05) is 6.07 Å². The Labute approximate surface area is 138 Å². The van der Waals surface area contributed by atoms with Crippen molar-refractivity contribution in [3.8, 4) is 5.75 Å². The number of benzene rings is 1. The highest BCUT2D eigenvalue weighted by atomic mass is 35.5. The summed E-state index contributed by atoms with van der Waals surface area (Å²) >= 11 is 0. The van der Waals surface area contributed by atoms with Crippen LogP contribution in [-0.4, -0.2) is 61.1 Å². The maximum Gasteiger partial charge on any atom is 0.254 e. The second kappa shape index (κ2) is 7.81. The zero-order valence-corrected chi connectivity index (χ0v) is 14.4. The lowest BCUT2D eigenvalue weighted by Gasteiger charge is -2.37. The number of hydrogen-bond donors (Lipinski definition) is 1. The van der Waals surface area contributed by atoms with Gasteiger partial charge in [-0.3, -0.25) is 9.69 Å². The Morgan fingerprint density at radius 2 is 1.91 bits per heavy atom. The lowest BCUT2D eigenvalue weighted by molar-refractivity contribution is 0.0615. The van der Waals surface area contributed by atoms with Crippen LogP contribution in [0.2, 0.25) is 0 Å². The molecule has 5 nitrogen and oxygen atoms in total. The summed E-state index contributed by atoms with van der Waals surface area (Å²) in [4.78, 5) is 16.7. The van der Waals surface area contributed by atoms with E-state index in [2.05, 4.69) is 4.90 Å². The quantitative estimate of drug-likeness (QED) is 0.913. The van der Waals surface area contributed by atoms with Crippen molar-refractivity contribution < 1.29 is 9.53 Å². The van der Waals surface area contributed by atoms with Crippen LogP contribution < -0.4 is 10.5 Å². The van der Waals surface area contributed by atoms with E-state index >= 15 is 0 Å². The molecule has 2 N–H and O–H groups in total. The first-order valence-electron chi connectivity index (χ1n) is 7.33. The number of rotatable bonds is 4. The summed E-state index contributed by atoms with van der Waals surface area (Å²) < 4.78 is 5.17. The topological polar surface area (TPSA) is 58.8 Å². The van der Waals surface area contributed by atoms with Crippen LogP contribution in [-0.2, 0) is 0 Å². The van der Waals surface area contributed by atoms with E-state index in [1.54, 1.807) is 13.2 Å². The molecule has 0 bridgehead atoms. The van der Waals surface area contributed by atoms with E-state index in [9.17, 15) is 4.79 Å². The van der Waals surface area contributed by atoms with Gasteiger partial charge in [0.1, 0.15) is 5.75 Å². The van der Waals surface area contributed by atoms with Gasteiger partial charge >= 0.3 is 0 Å². The minimum atomic E-state index is -0.195. The highest BCUT2D eigenvalue weighted by Crippen LogP contribution is 2.16. The van der Waals surface area contributed by atoms with Gasteiger partial charge in [-0.25, -0.2) is 0 Å². The minimum Gasteiger partial charge on any atom is -0.497 e. The summed E-state index contributed by atoms with van der Waals surface area (Å²) in [5.74, 6) is 0.782. The van der Waals surface area contributed by atoms with E-state index in [1.165, 1.54) is 0 Å². The number of nitrogens with zero attached hydrogens (tertiary/aromatic N) is 2. The number of nitrogens with two attached hydrogens (primary N) is 1. The molecule has 0 unspecified atom stereocenters. The molecule has 0 radical (unpaired) electrons. The van der Waals surface area contributed by atoms with Gasteiger partial charge in [0.25, 0.3) is 5.91 Å². The third-order valence-corrected chi connectivity index (χ3v) is 3.61. The van der Waals surface area contributed by atoms with Crippen LogP contribution in [0.15, 0.2) is 24.3 Å². The molecule has 1 fully saturated rings. The van der Waals surface area contributed by atoms with Crippen LogP contribution in [0.4, 0.5) is 0 Å². The van der Waals surface area contributed by atoms with Crippen LogP contribution in [0.3, 0.4) is 0 Å². The van der Waals surface area contributed by atoms with Gasteiger partial charge in [-0.15, -0.1) is 12.4 Å². The minimum absolute atomic E-state index is 0. The molecule has 0 saturated carbocycles. The monoisotopic (exact) mass is 327 g/mol. The summed E-state index contributed by atoms with van der Waals surface area (Å²) in [5.41, 5.74) is 6.53. The molecular weight excluding hydrogens is 302 g/mol. The molecule has 1 aromatic carbocycles. The lowest BCUT2D eigenvalue weighted by Crippen LogP contribution is -2.54. The smallest absolute Gasteiger partial charge is 0.254 e. The van der Waals surface area contributed by atoms with Crippen LogP contribution in [0, 0.1) is 0 Å². The fourth-order valence-electron chi connectivity index (χ4n) is 2.62. The fraction of sp³-hybridized carbons (Fsp3) is 0.562. The van der Waals surface area contributed by atoms with E-state index < -0.39 is 0 Å². The zero-order chi connectivity index (χ0) is 15.5. The summed E-state index contributed by atoms with van der Waals surface area (Å²) in [6.45, 7) is 8.14. The molecular formula is C16H26ClN3O2. The van der Waals surface area contributed by atoms with Gasteiger partial charge in [0, 0.05) is 43.8 Å². The van der Waals surface area contributed by atoms with E-state index in [-0.39, 0.29) is 23.9 Å². The normalized spacial score (nSPS) is 16.1. The van der Waals surface area contributed by atoms with Crippen molar-refractivity contribution in [2.75, 3.05) is 39.8 Å². The van der Waals surface area contributed by atoms with E-state index in [0.29, 0.717) is 11.3 Å². The van der Waals surface area contributed by atoms with Crippen LogP contribution in [0.25, 0.3) is 0 Å². The van der Waals surface area contributed by atoms with Gasteiger partial charge < -0.3 is 15.4 Å². The number of piperazine rings is 1. The molecule has 22 heavy (non-hydrogen) atoms. The maximum absolute atomic E-state index is 12.5. The molecule has 1 aliphatic rings. The van der Waals surface area contributed by atoms with Crippen LogP contribution >= 0.6 is 12.4 Å². The summed E-state index contributed by atoms with van der Waals surface area (Å²) in [6, 6.07) is 7.31. The van der Waals surface area contributed by atoms with Gasteiger partial charge in [-0.05, 0) is 32.0 Å². The fourth-order valence-corrected chi connectivity index (χ4v) is 2.62. The van der Waals surface area contributed by atoms with Crippen molar-refractivity contribution in [2.45, 2.75) is 19.4 Å². The number of ether oxygens (including phenoxy) is 1. The number of methoxy groups -OCH3 is 1. The first kappa shape index (κ1) is 18.7. The zero-order valence-electron chi connectivity index (χ0n) is 13.5. The van der Waals surface area contributed by atoms with Crippen LogP contribution in [0.5, 0.6) is 5.75 Å². The average molecular weight is 328 g/mol. The van der Waals surface area contributed by atoms with Crippen molar-refractivity contribution in [1.82, 2.24) is 9.80 Å².